The average molecular weight is 268 g/mol. The van der Waals surface area contributed by atoms with E-state index >= 15 is 0 Å². The van der Waals surface area contributed by atoms with Crippen molar-refractivity contribution in [3.05, 3.63) is 0 Å². The number of amides is 1. The van der Waals surface area contributed by atoms with Crippen molar-refractivity contribution in [3.63, 3.8) is 0 Å². The normalized spacial score (nSPS) is 25.3. The van der Waals surface area contributed by atoms with Gasteiger partial charge in [-0.25, -0.2) is 0 Å². The minimum Gasteiger partial charge on any atom is -0.352 e. The largest absolute Gasteiger partial charge is 0.352 e. The Balaban J connectivity index is 2.62. The molecule has 0 bridgehead atoms. The highest BCUT2D eigenvalue weighted by molar-refractivity contribution is 5.78. The van der Waals surface area contributed by atoms with Crippen molar-refractivity contribution in [1.29, 1.82) is 0 Å². The quantitative estimate of drug-likeness (QED) is 0.831. The first-order valence-corrected chi connectivity index (χ1v) is 7.82. The SMILES string of the molecule is CC(C)CN1CC(NC(=O)C(C)C)CC(C(C)C)C1. The number of rotatable bonds is 5. The molecule has 1 N–H and O–H groups in total. The van der Waals surface area contributed by atoms with E-state index in [1.165, 1.54) is 6.54 Å². The Labute approximate surface area is 119 Å². The topological polar surface area (TPSA) is 32.3 Å². The molecule has 3 heteroatoms. The van der Waals surface area contributed by atoms with Gasteiger partial charge in [0.05, 0.1) is 0 Å². The lowest BCUT2D eigenvalue weighted by molar-refractivity contribution is -0.125. The van der Waals surface area contributed by atoms with Crippen molar-refractivity contribution in [2.75, 3.05) is 19.6 Å². The lowest BCUT2D eigenvalue weighted by Gasteiger charge is -2.40. The van der Waals surface area contributed by atoms with Gasteiger partial charge in [-0.2, -0.15) is 0 Å². The molecule has 0 aromatic rings. The standard InChI is InChI=1S/C16H32N2O/c1-11(2)8-18-9-14(12(3)4)7-15(10-18)17-16(19)13(5)6/h11-15H,7-10H2,1-6H3,(H,17,19). The van der Waals surface area contributed by atoms with Crippen molar-refractivity contribution < 1.29 is 4.79 Å². The van der Waals surface area contributed by atoms with E-state index in [9.17, 15) is 4.79 Å². The fourth-order valence-corrected chi connectivity index (χ4v) is 2.85. The smallest absolute Gasteiger partial charge is 0.222 e. The molecular weight excluding hydrogens is 236 g/mol. The van der Waals surface area contributed by atoms with Crippen molar-refractivity contribution in [3.8, 4) is 0 Å². The van der Waals surface area contributed by atoms with E-state index in [0.717, 1.165) is 19.5 Å². The van der Waals surface area contributed by atoms with Gasteiger partial charge in [-0.05, 0) is 24.2 Å². The minimum absolute atomic E-state index is 0.0815. The summed E-state index contributed by atoms with van der Waals surface area (Å²) >= 11 is 0. The van der Waals surface area contributed by atoms with Gasteiger partial charge in [0, 0.05) is 31.6 Å². The van der Waals surface area contributed by atoms with Crippen LogP contribution in [0.3, 0.4) is 0 Å². The highest BCUT2D eigenvalue weighted by Crippen LogP contribution is 2.24. The monoisotopic (exact) mass is 268 g/mol. The predicted octanol–water partition coefficient (Wildman–Crippen LogP) is 2.76. The molecule has 1 aliphatic rings. The molecule has 1 amide bonds. The summed E-state index contributed by atoms with van der Waals surface area (Å²) in [5.74, 6) is 2.35. The average Bonchev–Trinajstić information content (AvgIpc) is 2.27. The number of carbonyl (C=O) groups is 1. The maximum absolute atomic E-state index is 11.9. The van der Waals surface area contributed by atoms with Gasteiger partial charge in [-0.3, -0.25) is 4.79 Å². The minimum atomic E-state index is 0.0815. The second-order valence-electron chi connectivity index (χ2n) is 7.21. The summed E-state index contributed by atoms with van der Waals surface area (Å²) in [7, 11) is 0. The van der Waals surface area contributed by atoms with Crippen LogP contribution < -0.4 is 5.32 Å². The lowest BCUT2D eigenvalue weighted by Crippen LogP contribution is -2.53. The molecule has 0 spiro atoms. The molecule has 1 heterocycles. The van der Waals surface area contributed by atoms with Gasteiger partial charge in [-0.1, -0.05) is 41.5 Å². The van der Waals surface area contributed by atoms with E-state index in [2.05, 4.69) is 37.9 Å². The molecule has 0 aromatic heterocycles. The molecular formula is C16H32N2O. The van der Waals surface area contributed by atoms with Crippen LogP contribution in [0.5, 0.6) is 0 Å². The second kappa shape index (κ2) is 7.28. The third-order valence-corrected chi connectivity index (χ3v) is 4.00. The molecule has 0 aliphatic carbocycles. The molecule has 19 heavy (non-hydrogen) atoms. The maximum atomic E-state index is 11.9. The molecule has 112 valence electrons. The van der Waals surface area contributed by atoms with Crippen LogP contribution in [0.1, 0.15) is 48.0 Å². The number of hydrogen-bond donors (Lipinski definition) is 1. The Hall–Kier alpha value is -0.570. The van der Waals surface area contributed by atoms with E-state index < -0.39 is 0 Å². The van der Waals surface area contributed by atoms with Crippen LogP contribution >= 0.6 is 0 Å². The van der Waals surface area contributed by atoms with Crippen molar-refractivity contribution >= 4 is 5.91 Å². The summed E-state index contributed by atoms with van der Waals surface area (Å²) in [6.45, 7) is 16.4. The zero-order valence-corrected chi connectivity index (χ0v) is 13.6. The van der Waals surface area contributed by atoms with Crippen LogP contribution in [0, 0.1) is 23.7 Å². The number of nitrogens with zero attached hydrogens (tertiary/aromatic N) is 1. The molecule has 1 rings (SSSR count). The summed E-state index contributed by atoms with van der Waals surface area (Å²) in [5, 5.41) is 3.23. The Morgan fingerprint density at radius 1 is 1.16 bits per heavy atom. The molecule has 1 aliphatic heterocycles. The van der Waals surface area contributed by atoms with Crippen molar-refractivity contribution in [2.45, 2.75) is 54.0 Å². The van der Waals surface area contributed by atoms with Crippen LogP contribution in [-0.2, 0) is 4.79 Å². The van der Waals surface area contributed by atoms with Gasteiger partial charge < -0.3 is 10.2 Å². The number of nitrogens with one attached hydrogen (secondary N) is 1. The first-order valence-electron chi connectivity index (χ1n) is 7.82. The van der Waals surface area contributed by atoms with E-state index in [-0.39, 0.29) is 11.8 Å². The summed E-state index contributed by atoms with van der Waals surface area (Å²) in [6, 6.07) is 0.329. The number of carbonyl (C=O) groups excluding carboxylic acids is 1. The zero-order valence-electron chi connectivity index (χ0n) is 13.6. The van der Waals surface area contributed by atoms with Crippen LogP contribution in [0.4, 0.5) is 0 Å². The highest BCUT2D eigenvalue weighted by atomic mass is 16.1. The predicted molar refractivity (Wildman–Crippen MR) is 81.0 cm³/mol. The van der Waals surface area contributed by atoms with Gasteiger partial charge >= 0.3 is 0 Å². The van der Waals surface area contributed by atoms with Crippen LogP contribution in [-0.4, -0.2) is 36.5 Å². The molecule has 2 unspecified atom stereocenters. The van der Waals surface area contributed by atoms with Gasteiger partial charge in [-0.15, -0.1) is 0 Å². The van der Waals surface area contributed by atoms with Gasteiger partial charge in [0.1, 0.15) is 0 Å². The second-order valence-corrected chi connectivity index (χ2v) is 7.21. The van der Waals surface area contributed by atoms with E-state index in [0.29, 0.717) is 23.8 Å². The first kappa shape index (κ1) is 16.5. The zero-order chi connectivity index (χ0) is 14.6. The lowest BCUT2D eigenvalue weighted by atomic mass is 9.85. The fourth-order valence-electron chi connectivity index (χ4n) is 2.85. The molecule has 3 nitrogen and oxygen atoms in total. The Morgan fingerprint density at radius 3 is 2.26 bits per heavy atom. The van der Waals surface area contributed by atoms with Gasteiger partial charge in [0.15, 0.2) is 0 Å². The summed E-state index contributed by atoms with van der Waals surface area (Å²) in [4.78, 5) is 14.4. The highest BCUT2D eigenvalue weighted by Gasteiger charge is 2.30. The van der Waals surface area contributed by atoms with Crippen molar-refractivity contribution in [1.82, 2.24) is 10.2 Å². The third-order valence-electron chi connectivity index (χ3n) is 4.00. The van der Waals surface area contributed by atoms with Crippen LogP contribution in [0.15, 0.2) is 0 Å². The third kappa shape index (κ3) is 5.52. The molecule has 1 fully saturated rings. The Kier molecular flexibility index (Phi) is 6.31. The van der Waals surface area contributed by atoms with E-state index in [4.69, 9.17) is 0 Å². The molecule has 1 saturated heterocycles. The number of likely N-dealkylation sites (tertiary alicyclic amines) is 1. The summed E-state index contributed by atoms with van der Waals surface area (Å²) in [5.41, 5.74) is 0. The Bertz CT molecular complexity index is 286. The molecule has 0 saturated carbocycles. The molecule has 0 radical (unpaired) electrons. The van der Waals surface area contributed by atoms with Crippen LogP contribution in [0.2, 0.25) is 0 Å². The van der Waals surface area contributed by atoms with Crippen LogP contribution in [0.25, 0.3) is 0 Å². The van der Waals surface area contributed by atoms with Crippen molar-refractivity contribution in [2.24, 2.45) is 23.7 Å². The molecule has 2 atom stereocenters. The van der Waals surface area contributed by atoms with E-state index in [1.807, 2.05) is 13.8 Å². The fraction of sp³-hybridized carbons (Fsp3) is 0.938. The van der Waals surface area contributed by atoms with Gasteiger partial charge in [0.25, 0.3) is 0 Å². The Morgan fingerprint density at radius 2 is 1.79 bits per heavy atom. The number of hydrogen-bond acceptors (Lipinski definition) is 2. The maximum Gasteiger partial charge on any atom is 0.222 e. The first-order chi connectivity index (χ1) is 8.79. The van der Waals surface area contributed by atoms with Gasteiger partial charge in [0.2, 0.25) is 5.91 Å². The molecule has 0 aromatic carbocycles. The van der Waals surface area contributed by atoms with E-state index in [1.54, 1.807) is 0 Å². The summed E-state index contributed by atoms with van der Waals surface area (Å²) in [6.07, 6.45) is 1.13. The number of piperidine rings is 1. The summed E-state index contributed by atoms with van der Waals surface area (Å²) < 4.78 is 0.